The van der Waals surface area contributed by atoms with Crippen LogP contribution in [-0.4, -0.2) is 37.4 Å². The highest BCUT2D eigenvalue weighted by molar-refractivity contribution is 5.95. The number of hydrogen-bond acceptors (Lipinski definition) is 4. The Morgan fingerprint density at radius 2 is 1.85 bits per heavy atom. The molecule has 164 valence electrons. The van der Waals surface area contributed by atoms with Gasteiger partial charge in [0.05, 0.1) is 17.5 Å². The molecule has 1 amide bonds. The predicted octanol–water partition coefficient (Wildman–Crippen LogP) is 3.31. The van der Waals surface area contributed by atoms with Gasteiger partial charge in [-0.1, -0.05) is 48.5 Å². The summed E-state index contributed by atoms with van der Waals surface area (Å²) in [5.74, 6) is 0.193. The van der Waals surface area contributed by atoms with Crippen molar-refractivity contribution in [2.45, 2.75) is 12.8 Å². The molecular formula is C25H22N6O2. The summed E-state index contributed by atoms with van der Waals surface area (Å²) in [5, 5.41) is 14.9. The first-order chi connectivity index (χ1) is 16.1. The molecule has 0 aliphatic heterocycles. The minimum Gasteiger partial charge on any atom is -0.361 e. The van der Waals surface area contributed by atoms with Crippen molar-refractivity contribution in [3.63, 3.8) is 0 Å². The molecule has 2 aromatic carbocycles. The maximum atomic E-state index is 13.1. The quantitative estimate of drug-likeness (QED) is 0.378. The maximum absolute atomic E-state index is 13.1. The first-order valence-electron chi connectivity index (χ1n) is 10.6. The number of aromatic nitrogens is 5. The lowest BCUT2D eigenvalue weighted by atomic mass is 9.91. The molecule has 8 nitrogen and oxygen atoms in total. The largest absolute Gasteiger partial charge is 0.361 e. The molecule has 5 aromatic rings. The van der Waals surface area contributed by atoms with E-state index in [0.717, 1.165) is 22.0 Å². The molecule has 33 heavy (non-hydrogen) atoms. The Bertz CT molecular complexity index is 1460. The number of amides is 1. The van der Waals surface area contributed by atoms with Crippen LogP contribution in [0.2, 0.25) is 0 Å². The molecule has 0 saturated heterocycles. The Hall–Kier alpha value is -4.46. The van der Waals surface area contributed by atoms with Gasteiger partial charge in [0, 0.05) is 35.6 Å². The summed E-state index contributed by atoms with van der Waals surface area (Å²) < 4.78 is 1.53. The number of rotatable bonds is 6. The van der Waals surface area contributed by atoms with Crippen molar-refractivity contribution in [3.8, 4) is 5.82 Å². The minimum absolute atomic E-state index is 0.0254. The van der Waals surface area contributed by atoms with Crippen molar-refractivity contribution in [1.82, 2.24) is 30.3 Å². The van der Waals surface area contributed by atoms with Crippen LogP contribution in [0.15, 0.2) is 83.9 Å². The SMILES string of the molecule is Cc1c(C(=O)NC[C@H](c2ccccc2)c2c[nH]c3ccccc23)cnn1-c1ccc(=O)[nH]n1. The van der Waals surface area contributed by atoms with Crippen LogP contribution < -0.4 is 10.9 Å². The lowest BCUT2D eigenvalue weighted by molar-refractivity contribution is 0.0952. The highest BCUT2D eigenvalue weighted by Crippen LogP contribution is 2.30. The number of hydrogen-bond donors (Lipinski definition) is 3. The summed E-state index contributed by atoms with van der Waals surface area (Å²) in [6, 6.07) is 21.2. The molecule has 0 fully saturated rings. The van der Waals surface area contributed by atoms with Crippen molar-refractivity contribution in [2.75, 3.05) is 6.54 Å². The molecule has 0 bridgehead atoms. The van der Waals surface area contributed by atoms with Crippen LogP contribution in [0.3, 0.4) is 0 Å². The van der Waals surface area contributed by atoms with Crippen molar-refractivity contribution in [1.29, 1.82) is 0 Å². The fourth-order valence-electron chi connectivity index (χ4n) is 4.08. The Kier molecular flexibility index (Phi) is 5.32. The highest BCUT2D eigenvalue weighted by Gasteiger charge is 2.21. The summed E-state index contributed by atoms with van der Waals surface area (Å²) in [6.45, 7) is 2.22. The third kappa shape index (κ3) is 3.94. The van der Waals surface area contributed by atoms with E-state index < -0.39 is 0 Å². The molecule has 0 spiro atoms. The summed E-state index contributed by atoms with van der Waals surface area (Å²) in [6.07, 6.45) is 3.53. The number of nitrogens with zero attached hydrogens (tertiary/aromatic N) is 3. The van der Waals surface area contributed by atoms with Gasteiger partial charge in [-0.15, -0.1) is 0 Å². The van der Waals surface area contributed by atoms with E-state index in [1.54, 1.807) is 13.0 Å². The number of para-hydroxylation sites is 1. The molecular weight excluding hydrogens is 416 g/mol. The molecule has 0 radical (unpaired) electrons. The van der Waals surface area contributed by atoms with Crippen LogP contribution in [-0.2, 0) is 0 Å². The van der Waals surface area contributed by atoms with Gasteiger partial charge in [-0.05, 0) is 30.2 Å². The van der Waals surface area contributed by atoms with Gasteiger partial charge in [-0.25, -0.2) is 9.78 Å². The number of nitrogens with one attached hydrogen (secondary N) is 3. The van der Waals surface area contributed by atoms with Crippen LogP contribution in [0.25, 0.3) is 16.7 Å². The van der Waals surface area contributed by atoms with E-state index in [9.17, 15) is 9.59 Å². The van der Waals surface area contributed by atoms with Crippen molar-refractivity contribution < 1.29 is 4.79 Å². The Morgan fingerprint density at radius 3 is 2.64 bits per heavy atom. The van der Waals surface area contributed by atoms with Crippen molar-refractivity contribution >= 4 is 16.8 Å². The van der Waals surface area contributed by atoms with E-state index in [1.807, 2.05) is 42.6 Å². The monoisotopic (exact) mass is 438 g/mol. The topological polar surface area (TPSA) is 108 Å². The Balaban J connectivity index is 1.42. The molecule has 0 unspecified atom stereocenters. The van der Waals surface area contributed by atoms with Gasteiger partial charge < -0.3 is 10.3 Å². The molecule has 0 aliphatic carbocycles. The molecule has 5 rings (SSSR count). The van der Waals surface area contributed by atoms with Gasteiger partial charge in [-0.3, -0.25) is 9.59 Å². The van der Waals surface area contributed by atoms with Gasteiger partial charge in [0.2, 0.25) is 0 Å². The van der Waals surface area contributed by atoms with E-state index in [1.165, 1.54) is 16.9 Å². The fourth-order valence-corrected chi connectivity index (χ4v) is 4.08. The van der Waals surface area contributed by atoms with E-state index in [0.29, 0.717) is 23.6 Å². The summed E-state index contributed by atoms with van der Waals surface area (Å²) in [4.78, 5) is 27.7. The standard InChI is InChI=1S/C25H22N6O2/c1-16-19(15-28-31(16)23-11-12-24(32)30-29-23)25(33)27-13-20(17-7-3-2-4-8-17)21-14-26-22-10-6-5-9-18(21)22/h2-12,14-15,20,26H,13H2,1H3,(H,27,33)(H,30,32)/t20-/m1/s1. The van der Waals surface area contributed by atoms with Crippen LogP contribution in [0.5, 0.6) is 0 Å². The summed E-state index contributed by atoms with van der Waals surface area (Å²) >= 11 is 0. The average Bonchev–Trinajstić information content (AvgIpc) is 3.44. The Morgan fingerprint density at radius 1 is 1.06 bits per heavy atom. The predicted molar refractivity (Wildman–Crippen MR) is 126 cm³/mol. The first kappa shape index (κ1) is 20.4. The number of fused-ring (bicyclic) bond motifs is 1. The van der Waals surface area contributed by atoms with Crippen LogP contribution in [0.4, 0.5) is 0 Å². The molecule has 0 aliphatic rings. The second kappa shape index (κ2) is 8.58. The number of benzene rings is 2. The van der Waals surface area contributed by atoms with Gasteiger partial charge >= 0.3 is 0 Å². The Labute approximate surface area is 189 Å². The number of carbonyl (C=O) groups excluding carboxylic acids is 1. The third-order valence-electron chi connectivity index (χ3n) is 5.80. The third-order valence-corrected chi connectivity index (χ3v) is 5.80. The van der Waals surface area contributed by atoms with Crippen LogP contribution in [0, 0.1) is 6.92 Å². The first-order valence-corrected chi connectivity index (χ1v) is 10.6. The second-order valence-electron chi connectivity index (χ2n) is 7.80. The maximum Gasteiger partial charge on any atom is 0.264 e. The summed E-state index contributed by atoms with van der Waals surface area (Å²) in [5.41, 5.74) is 4.09. The second-order valence-corrected chi connectivity index (χ2v) is 7.80. The molecule has 8 heteroatoms. The lowest BCUT2D eigenvalue weighted by Gasteiger charge is -2.18. The van der Waals surface area contributed by atoms with Crippen molar-refractivity contribution in [2.24, 2.45) is 0 Å². The van der Waals surface area contributed by atoms with Gasteiger partial charge in [0.25, 0.3) is 11.5 Å². The van der Waals surface area contributed by atoms with E-state index in [4.69, 9.17) is 0 Å². The highest BCUT2D eigenvalue weighted by atomic mass is 16.1. The minimum atomic E-state index is -0.300. The normalized spacial score (nSPS) is 12.0. The zero-order valence-corrected chi connectivity index (χ0v) is 17.9. The zero-order valence-electron chi connectivity index (χ0n) is 17.9. The average molecular weight is 438 g/mol. The molecule has 1 atom stereocenters. The summed E-state index contributed by atoms with van der Waals surface area (Å²) in [7, 11) is 0. The molecule has 3 aromatic heterocycles. The lowest BCUT2D eigenvalue weighted by Crippen LogP contribution is -2.29. The van der Waals surface area contributed by atoms with E-state index >= 15 is 0 Å². The molecule has 3 N–H and O–H groups in total. The number of H-pyrrole nitrogens is 2. The van der Waals surface area contributed by atoms with Crippen LogP contribution in [0.1, 0.15) is 33.1 Å². The smallest absolute Gasteiger partial charge is 0.264 e. The van der Waals surface area contributed by atoms with Gasteiger partial charge in [0.15, 0.2) is 5.82 Å². The zero-order chi connectivity index (χ0) is 22.8. The van der Waals surface area contributed by atoms with E-state index in [2.05, 4.69) is 43.8 Å². The van der Waals surface area contributed by atoms with E-state index in [-0.39, 0.29) is 17.4 Å². The van der Waals surface area contributed by atoms with Crippen LogP contribution >= 0.6 is 0 Å². The number of aromatic amines is 2. The molecule has 3 heterocycles. The van der Waals surface area contributed by atoms with Gasteiger partial charge in [-0.2, -0.15) is 10.2 Å². The number of carbonyl (C=O) groups is 1. The fraction of sp³-hybridized carbons (Fsp3) is 0.120. The van der Waals surface area contributed by atoms with Crippen molar-refractivity contribution in [3.05, 3.63) is 112 Å². The molecule has 0 saturated carbocycles. The van der Waals surface area contributed by atoms with Gasteiger partial charge in [0.1, 0.15) is 0 Å².